The Bertz CT molecular complexity index is 699. The van der Waals surface area contributed by atoms with Gasteiger partial charge in [0.05, 0.1) is 0 Å². The summed E-state index contributed by atoms with van der Waals surface area (Å²) in [6.45, 7) is 5.78. The molecule has 1 aliphatic heterocycles. The number of aromatic nitrogens is 4. The predicted molar refractivity (Wildman–Crippen MR) is 90.2 cm³/mol. The summed E-state index contributed by atoms with van der Waals surface area (Å²) < 4.78 is 1.28. The Morgan fingerprint density at radius 3 is 3.00 bits per heavy atom. The van der Waals surface area contributed by atoms with Crippen molar-refractivity contribution >= 4 is 11.9 Å². The van der Waals surface area contributed by atoms with Crippen LogP contribution >= 0.6 is 0 Å². The van der Waals surface area contributed by atoms with Crippen molar-refractivity contribution in [2.75, 3.05) is 31.9 Å². The van der Waals surface area contributed by atoms with Crippen LogP contribution in [0, 0.1) is 6.92 Å². The molecule has 8 heteroatoms. The molecular weight excluding hydrogens is 306 g/mol. The molecule has 1 fully saturated rings. The maximum atomic E-state index is 11.9. The fourth-order valence-electron chi connectivity index (χ4n) is 3.20. The molecule has 1 atom stereocenters. The van der Waals surface area contributed by atoms with E-state index < -0.39 is 0 Å². The minimum absolute atomic E-state index is 0.0463. The lowest BCUT2D eigenvalue weighted by molar-refractivity contribution is -0.121. The van der Waals surface area contributed by atoms with Crippen LogP contribution in [0.5, 0.6) is 0 Å². The Hall–Kier alpha value is -2.48. The average molecular weight is 329 g/mol. The molecule has 0 bridgehead atoms. The summed E-state index contributed by atoms with van der Waals surface area (Å²) in [5, 5.41) is 13.5. The van der Waals surface area contributed by atoms with Gasteiger partial charge >= 0.3 is 0 Å². The van der Waals surface area contributed by atoms with E-state index in [-0.39, 0.29) is 18.4 Å². The van der Waals surface area contributed by atoms with Crippen LogP contribution in [0.4, 0.5) is 5.95 Å². The third-order valence-electron chi connectivity index (χ3n) is 4.50. The molecule has 0 radical (unpaired) electrons. The zero-order valence-corrected chi connectivity index (χ0v) is 13.9. The molecule has 3 N–H and O–H groups in total. The number of tetrazole rings is 1. The van der Waals surface area contributed by atoms with Crippen molar-refractivity contribution in [3.05, 3.63) is 35.4 Å². The second kappa shape index (κ2) is 7.39. The molecule has 24 heavy (non-hydrogen) atoms. The number of hydrogen-bond donors (Lipinski definition) is 2. The number of benzene rings is 1. The summed E-state index contributed by atoms with van der Waals surface area (Å²) in [5.41, 5.74) is 8.34. The second-order valence-electron chi connectivity index (χ2n) is 6.19. The molecule has 2 heterocycles. The first kappa shape index (κ1) is 16.4. The third kappa shape index (κ3) is 3.88. The monoisotopic (exact) mass is 329 g/mol. The predicted octanol–water partition coefficient (Wildman–Crippen LogP) is 0.169. The first-order chi connectivity index (χ1) is 11.6. The molecule has 0 spiro atoms. The molecule has 8 nitrogen and oxygen atoms in total. The molecule has 128 valence electrons. The number of nitrogens with zero attached hydrogens (tertiary/aromatic N) is 5. The number of carbonyl (C=O) groups is 1. The minimum Gasteiger partial charge on any atom is -0.367 e. The number of nitrogens with two attached hydrogens (primary N) is 1. The number of rotatable bonds is 6. The van der Waals surface area contributed by atoms with Crippen LogP contribution in [0.2, 0.25) is 0 Å². The summed E-state index contributed by atoms with van der Waals surface area (Å²) in [4.78, 5) is 14.3. The van der Waals surface area contributed by atoms with Gasteiger partial charge in [-0.2, -0.15) is 0 Å². The molecule has 1 aliphatic rings. The highest BCUT2D eigenvalue weighted by atomic mass is 16.2. The Labute approximate surface area is 141 Å². The Balaban J connectivity index is 1.41. The summed E-state index contributed by atoms with van der Waals surface area (Å²) >= 11 is 0. The van der Waals surface area contributed by atoms with Crippen molar-refractivity contribution in [3.8, 4) is 0 Å². The summed E-state index contributed by atoms with van der Waals surface area (Å²) in [6.07, 6.45) is 1.17. The van der Waals surface area contributed by atoms with E-state index in [0.717, 1.165) is 19.6 Å². The largest absolute Gasteiger partial charge is 0.367 e. The van der Waals surface area contributed by atoms with Crippen LogP contribution in [0.15, 0.2) is 24.3 Å². The molecule has 0 saturated carbocycles. The zero-order chi connectivity index (χ0) is 16.9. The molecule has 1 aromatic heterocycles. The number of nitrogens with one attached hydrogen (secondary N) is 1. The smallest absolute Gasteiger partial charge is 0.241 e. The van der Waals surface area contributed by atoms with Crippen LogP contribution in [0.1, 0.15) is 23.5 Å². The Morgan fingerprint density at radius 1 is 1.42 bits per heavy atom. The quantitative estimate of drug-likeness (QED) is 0.783. The van der Waals surface area contributed by atoms with Gasteiger partial charge in [0, 0.05) is 19.6 Å². The van der Waals surface area contributed by atoms with Gasteiger partial charge in [-0.15, -0.1) is 0 Å². The molecule has 2 aromatic rings. The van der Waals surface area contributed by atoms with Crippen molar-refractivity contribution in [2.45, 2.75) is 25.8 Å². The lowest BCUT2D eigenvalue weighted by Gasteiger charge is -2.17. The summed E-state index contributed by atoms with van der Waals surface area (Å²) in [6, 6.07) is 8.58. The van der Waals surface area contributed by atoms with E-state index in [1.54, 1.807) is 0 Å². The van der Waals surface area contributed by atoms with E-state index in [9.17, 15) is 4.79 Å². The molecule has 1 aromatic carbocycles. The number of nitrogen functional groups attached to an aromatic ring is 1. The number of carbonyl (C=O) groups excluding carboxylic acids is 1. The van der Waals surface area contributed by atoms with Gasteiger partial charge in [0.15, 0.2) is 0 Å². The standard InChI is InChI=1S/C16H23N7O/c1-12-4-2-3-5-14(12)13-6-8-22(10-13)9-7-18-15(24)11-23-16(17)19-20-21-23/h2-5,13H,6-11H2,1H3,(H,18,24)(H2,17,19,21)/t13-/m0/s1. The number of aryl methyl sites for hydroxylation is 1. The van der Waals surface area contributed by atoms with Gasteiger partial charge in [-0.3, -0.25) is 4.79 Å². The number of likely N-dealkylation sites (tertiary alicyclic amines) is 1. The third-order valence-corrected chi connectivity index (χ3v) is 4.50. The summed E-state index contributed by atoms with van der Waals surface area (Å²) in [7, 11) is 0. The zero-order valence-electron chi connectivity index (χ0n) is 13.9. The van der Waals surface area contributed by atoms with Crippen molar-refractivity contribution in [1.82, 2.24) is 30.4 Å². The maximum Gasteiger partial charge on any atom is 0.241 e. The first-order valence-electron chi connectivity index (χ1n) is 8.19. The average Bonchev–Trinajstić information content (AvgIpc) is 3.18. The van der Waals surface area contributed by atoms with Gasteiger partial charge in [0.1, 0.15) is 6.54 Å². The fourth-order valence-corrected chi connectivity index (χ4v) is 3.20. The molecule has 1 saturated heterocycles. The molecule has 0 unspecified atom stereocenters. The normalized spacial score (nSPS) is 18.0. The maximum absolute atomic E-state index is 11.9. The topological polar surface area (TPSA) is 102 Å². The van der Waals surface area contributed by atoms with E-state index in [1.807, 2.05) is 0 Å². The lowest BCUT2D eigenvalue weighted by Crippen LogP contribution is -2.35. The van der Waals surface area contributed by atoms with Crippen molar-refractivity contribution in [2.24, 2.45) is 0 Å². The van der Waals surface area contributed by atoms with Crippen molar-refractivity contribution in [1.29, 1.82) is 0 Å². The highest BCUT2D eigenvalue weighted by Gasteiger charge is 2.24. The highest BCUT2D eigenvalue weighted by Crippen LogP contribution is 2.28. The molecule has 0 aliphatic carbocycles. The van der Waals surface area contributed by atoms with Gasteiger partial charge in [-0.05, 0) is 47.4 Å². The number of amides is 1. The van der Waals surface area contributed by atoms with Crippen LogP contribution in [0.25, 0.3) is 0 Å². The van der Waals surface area contributed by atoms with Gasteiger partial charge in [-0.25, -0.2) is 4.68 Å². The van der Waals surface area contributed by atoms with Crippen molar-refractivity contribution in [3.63, 3.8) is 0 Å². The fraction of sp³-hybridized carbons (Fsp3) is 0.500. The van der Waals surface area contributed by atoms with Crippen LogP contribution in [0.3, 0.4) is 0 Å². The van der Waals surface area contributed by atoms with Crippen LogP contribution in [-0.4, -0.2) is 57.2 Å². The first-order valence-corrected chi connectivity index (χ1v) is 8.19. The van der Waals surface area contributed by atoms with Crippen LogP contribution < -0.4 is 11.1 Å². The van der Waals surface area contributed by atoms with Crippen LogP contribution in [-0.2, 0) is 11.3 Å². The molecule has 3 rings (SSSR count). The van der Waals surface area contributed by atoms with Crippen molar-refractivity contribution < 1.29 is 4.79 Å². The SMILES string of the molecule is Cc1ccccc1[C@H]1CCN(CCNC(=O)Cn2nnnc2N)C1. The Morgan fingerprint density at radius 2 is 2.25 bits per heavy atom. The Kier molecular flexibility index (Phi) is 5.05. The van der Waals surface area contributed by atoms with E-state index in [4.69, 9.17) is 5.73 Å². The van der Waals surface area contributed by atoms with Gasteiger partial charge in [0.25, 0.3) is 0 Å². The number of anilines is 1. The van der Waals surface area contributed by atoms with E-state index >= 15 is 0 Å². The van der Waals surface area contributed by atoms with Gasteiger partial charge in [-0.1, -0.05) is 29.4 Å². The van der Waals surface area contributed by atoms with E-state index in [1.165, 1.54) is 22.2 Å². The summed E-state index contributed by atoms with van der Waals surface area (Å²) in [5.74, 6) is 0.595. The minimum atomic E-state index is -0.136. The number of hydrogen-bond acceptors (Lipinski definition) is 6. The van der Waals surface area contributed by atoms with Gasteiger partial charge in [0.2, 0.25) is 11.9 Å². The van der Waals surface area contributed by atoms with Gasteiger partial charge < -0.3 is 16.0 Å². The molecule has 1 amide bonds. The highest BCUT2D eigenvalue weighted by molar-refractivity contribution is 5.75. The van der Waals surface area contributed by atoms with E-state index in [0.29, 0.717) is 12.5 Å². The molecular formula is C16H23N7O. The lowest BCUT2D eigenvalue weighted by atomic mass is 9.94. The second-order valence-corrected chi connectivity index (χ2v) is 6.19. The van der Waals surface area contributed by atoms with E-state index in [2.05, 4.69) is 56.9 Å².